The lowest BCUT2D eigenvalue weighted by Crippen LogP contribution is -2.15. The Balaban J connectivity index is 1.93. The molecule has 0 amide bonds. The standard InChI is InChI=1S/C20H17NO5/c1-11-7-12(3-4-17(11)24-2)15-8-14(20(22)23)13-9-18-19(10-16(13)21-15)26-6-5-25-18/h3-4,7-10H,5-6H2,1-2H3,(H,22,23). The second kappa shape index (κ2) is 6.22. The first kappa shape index (κ1) is 16.2. The van der Waals surface area contributed by atoms with Crippen LogP contribution in [0.2, 0.25) is 0 Å². The number of hydrogen-bond acceptors (Lipinski definition) is 5. The van der Waals surface area contributed by atoms with Crippen LogP contribution in [0.4, 0.5) is 0 Å². The lowest BCUT2D eigenvalue weighted by molar-refractivity contribution is 0.0699. The molecule has 0 aliphatic carbocycles. The summed E-state index contributed by atoms with van der Waals surface area (Å²) in [6.45, 7) is 2.84. The maximum absolute atomic E-state index is 11.8. The molecular formula is C20H17NO5. The number of carbonyl (C=O) groups is 1. The number of aromatic nitrogens is 1. The number of ether oxygens (including phenoxy) is 3. The highest BCUT2D eigenvalue weighted by Crippen LogP contribution is 2.37. The van der Waals surface area contributed by atoms with E-state index < -0.39 is 5.97 Å². The highest BCUT2D eigenvalue weighted by Gasteiger charge is 2.19. The summed E-state index contributed by atoms with van der Waals surface area (Å²) < 4.78 is 16.4. The fourth-order valence-electron chi connectivity index (χ4n) is 3.13. The van der Waals surface area contributed by atoms with Gasteiger partial charge in [0.05, 0.1) is 23.9 Å². The number of hydrogen-bond donors (Lipinski definition) is 1. The summed E-state index contributed by atoms with van der Waals surface area (Å²) in [6, 6.07) is 10.6. The molecule has 2 aromatic carbocycles. The molecule has 4 rings (SSSR count). The van der Waals surface area contributed by atoms with Gasteiger partial charge in [0.1, 0.15) is 19.0 Å². The van der Waals surface area contributed by atoms with E-state index in [-0.39, 0.29) is 5.56 Å². The van der Waals surface area contributed by atoms with Crippen molar-refractivity contribution in [2.75, 3.05) is 20.3 Å². The maximum atomic E-state index is 11.8. The molecule has 0 bridgehead atoms. The quantitative estimate of drug-likeness (QED) is 0.775. The third-order valence-corrected chi connectivity index (χ3v) is 4.39. The Morgan fingerprint density at radius 2 is 1.85 bits per heavy atom. The number of methoxy groups -OCH3 is 1. The molecule has 1 aromatic heterocycles. The number of nitrogens with zero attached hydrogens (tertiary/aromatic N) is 1. The third-order valence-electron chi connectivity index (χ3n) is 4.39. The van der Waals surface area contributed by atoms with Crippen LogP contribution in [0.15, 0.2) is 36.4 Å². The number of carboxylic acids is 1. The number of aromatic carboxylic acids is 1. The number of carboxylic acid groups (broad SMARTS) is 1. The van der Waals surface area contributed by atoms with E-state index in [0.29, 0.717) is 41.3 Å². The van der Waals surface area contributed by atoms with Crippen molar-refractivity contribution in [2.24, 2.45) is 0 Å². The molecule has 0 spiro atoms. The maximum Gasteiger partial charge on any atom is 0.336 e. The predicted octanol–water partition coefficient (Wildman–Crippen LogP) is 3.69. The number of fused-ring (bicyclic) bond motifs is 2. The van der Waals surface area contributed by atoms with E-state index in [9.17, 15) is 9.90 Å². The SMILES string of the molecule is COc1ccc(-c2cc(C(=O)O)c3cc4c(cc3n2)OCCO4)cc1C. The van der Waals surface area contributed by atoms with Crippen LogP contribution >= 0.6 is 0 Å². The van der Waals surface area contributed by atoms with Gasteiger partial charge in [0, 0.05) is 17.0 Å². The first-order valence-electron chi connectivity index (χ1n) is 8.19. The lowest BCUT2D eigenvalue weighted by atomic mass is 10.0. The molecule has 1 aliphatic rings. The second-order valence-corrected chi connectivity index (χ2v) is 6.06. The zero-order valence-corrected chi connectivity index (χ0v) is 14.4. The third kappa shape index (κ3) is 2.69. The van der Waals surface area contributed by atoms with Crippen molar-refractivity contribution in [3.63, 3.8) is 0 Å². The van der Waals surface area contributed by atoms with Gasteiger partial charge in [0.25, 0.3) is 0 Å². The van der Waals surface area contributed by atoms with Crippen LogP contribution in [-0.4, -0.2) is 36.4 Å². The molecule has 0 fully saturated rings. The Bertz CT molecular complexity index is 1030. The summed E-state index contributed by atoms with van der Waals surface area (Å²) >= 11 is 0. The normalized spacial score (nSPS) is 12.8. The van der Waals surface area contributed by atoms with Crippen LogP contribution in [-0.2, 0) is 0 Å². The monoisotopic (exact) mass is 351 g/mol. The van der Waals surface area contributed by atoms with Crippen molar-refractivity contribution in [3.05, 3.63) is 47.5 Å². The van der Waals surface area contributed by atoms with E-state index in [0.717, 1.165) is 16.9 Å². The molecule has 2 heterocycles. The summed E-state index contributed by atoms with van der Waals surface area (Å²) in [6.07, 6.45) is 0. The summed E-state index contributed by atoms with van der Waals surface area (Å²) in [4.78, 5) is 16.5. The Hall–Kier alpha value is -3.28. The van der Waals surface area contributed by atoms with Crippen molar-refractivity contribution in [1.29, 1.82) is 0 Å². The van der Waals surface area contributed by atoms with Gasteiger partial charge in [0.15, 0.2) is 11.5 Å². The highest BCUT2D eigenvalue weighted by molar-refractivity contribution is 6.04. The topological polar surface area (TPSA) is 77.9 Å². The van der Waals surface area contributed by atoms with Crippen molar-refractivity contribution in [1.82, 2.24) is 4.98 Å². The summed E-state index contributed by atoms with van der Waals surface area (Å²) in [5.74, 6) is 0.880. The van der Waals surface area contributed by atoms with Gasteiger partial charge >= 0.3 is 5.97 Å². The molecule has 1 N–H and O–H groups in total. The summed E-state index contributed by atoms with van der Waals surface area (Å²) in [7, 11) is 1.62. The van der Waals surface area contributed by atoms with Gasteiger partial charge in [-0.05, 0) is 42.8 Å². The molecule has 1 aliphatic heterocycles. The van der Waals surface area contributed by atoms with Crippen LogP contribution < -0.4 is 14.2 Å². The minimum absolute atomic E-state index is 0.176. The van der Waals surface area contributed by atoms with Crippen molar-refractivity contribution in [3.8, 4) is 28.5 Å². The van der Waals surface area contributed by atoms with Crippen molar-refractivity contribution < 1.29 is 24.1 Å². The second-order valence-electron chi connectivity index (χ2n) is 6.06. The minimum Gasteiger partial charge on any atom is -0.496 e. The Morgan fingerprint density at radius 1 is 1.12 bits per heavy atom. The minimum atomic E-state index is -1.01. The molecule has 6 heteroatoms. The van der Waals surface area contributed by atoms with Crippen LogP contribution in [0.25, 0.3) is 22.2 Å². The molecule has 3 aromatic rings. The number of rotatable bonds is 3. The molecule has 0 saturated heterocycles. The number of benzene rings is 2. The largest absolute Gasteiger partial charge is 0.496 e. The van der Waals surface area contributed by atoms with Crippen molar-refractivity contribution in [2.45, 2.75) is 6.92 Å². The Morgan fingerprint density at radius 3 is 2.50 bits per heavy atom. The first-order chi connectivity index (χ1) is 12.6. The highest BCUT2D eigenvalue weighted by atomic mass is 16.6. The first-order valence-corrected chi connectivity index (χ1v) is 8.19. The Labute approximate surface area is 150 Å². The van der Waals surface area contributed by atoms with E-state index in [4.69, 9.17) is 14.2 Å². The zero-order valence-electron chi connectivity index (χ0n) is 14.4. The van der Waals surface area contributed by atoms with Crippen LogP contribution in [0.3, 0.4) is 0 Å². The van der Waals surface area contributed by atoms with Gasteiger partial charge in [0.2, 0.25) is 0 Å². The molecule has 0 radical (unpaired) electrons. The Kier molecular flexibility index (Phi) is 3.88. The fraction of sp³-hybridized carbons (Fsp3) is 0.200. The molecular weight excluding hydrogens is 334 g/mol. The van der Waals surface area contributed by atoms with Gasteiger partial charge in [-0.1, -0.05) is 0 Å². The van der Waals surface area contributed by atoms with Gasteiger partial charge < -0.3 is 19.3 Å². The van der Waals surface area contributed by atoms with Gasteiger partial charge in [-0.15, -0.1) is 0 Å². The molecule has 0 atom stereocenters. The number of aryl methyl sites for hydroxylation is 1. The smallest absolute Gasteiger partial charge is 0.336 e. The summed E-state index contributed by atoms with van der Waals surface area (Å²) in [5, 5.41) is 10.2. The summed E-state index contributed by atoms with van der Waals surface area (Å²) in [5.41, 5.74) is 3.08. The predicted molar refractivity (Wildman–Crippen MR) is 96.4 cm³/mol. The average molecular weight is 351 g/mol. The van der Waals surface area contributed by atoms with E-state index in [1.54, 1.807) is 25.3 Å². The molecule has 0 saturated carbocycles. The molecule has 26 heavy (non-hydrogen) atoms. The van der Waals surface area contributed by atoms with Gasteiger partial charge in [-0.3, -0.25) is 0 Å². The van der Waals surface area contributed by atoms with Crippen molar-refractivity contribution >= 4 is 16.9 Å². The van der Waals surface area contributed by atoms with E-state index in [1.165, 1.54) is 0 Å². The molecule has 132 valence electrons. The van der Waals surface area contributed by atoms with E-state index in [1.807, 2.05) is 25.1 Å². The fourth-order valence-corrected chi connectivity index (χ4v) is 3.13. The molecule has 0 unspecified atom stereocenters. The van der Waals surface area contributed by atoms with E-state index >= 15 is 0 Å². The van der Waals surface area contributed by atoms with Gasteiger partial charge in [-0.2, -0.15) is 0 Å². The van der Waals surface area contributed by atoms with Crippen LogP contribution in [0.5, 0.6) is 17.2 Å². The molecule has 6 nitrogen and oxygen atoms in total. The van der Waals surface area contributed by atoms with Gasteiger partial charge in [-0.25, -0.2) is 9.78 Å². The van der Waals surface area contributed by atoms with Crippen LogP contribution in [0, 0.1) is 6.92 Å². The lowest BCUT2D eigenvalue weighted by Gasteiger charge is -2.19. The average Bonchev–Trinajstić information content (AvgIpc) is 2.65. The zero-order chi connectivity index (χ0) is 18.3. The number of pyridine rings is 1. The van der Waals surface area contributed by atoms with E-state index in [2.05, 4.69) is 4.98 Å². The van der Waals surface area contributed by atoms with Crippen LogP contribution in [0.1, 0.15) is 15.9 Å².